The summed E-state index contributed by atoms with van der Waals surface area (Å²) in [5.41, 5.74) is 2.34. The van der Waals surface area contributed by atoms with Crippen molar-refractivity contribution in [2.75, 3.05) is 0 Å². The lowest BCUT2D eigenvalue weighted by Crippen LogP contribution is -2.07. The van der Waals surface area contributed by atoms with Crippen molar-refractivity contribution in [2.24, 2.45) is 7.05 Å². The van der Waals surface area contributed by atoms with Crippen molar-refractivity contribution in [1.29, 1.82) is 0 Å². The van der Waals surface area contributed by atoms with Crippen LogP contribution >= 0.6 is 15.9 Å². The van der Waals surface area contributed by atoms with Crippen LogP contribution in [-0.4, -0.2) is 14.9 Å². The highest BCUT2D eigenvalue weighted by molar-refractivity contribution is 9.10. The van der Waals surface area contributed by atoms with Crippen molar-refractivity contribution in [3.05, 3.63) is 51.5 Å². The van der Waals surface area contributed by atoms with E-state index in [2.05, 4.69) is 21.0 Å². The molecule has 0 spiro atoms. The summed E-state index contributed by atoms with van der Waals surface area (Å²) < 4.78 is 15.7. The Morgan fingerprint density at radius 1 is 1.50 bits per heavy atom. The van der Waals surface area contributed by atoms with E-state index in [1.807, 2.05) is 14.0 Å². The van der Waals surface area contributed by atoms with Crippen LogP contribution in [0, 0.1) is 12.7 Å². The normalized spacial score (nSPS) is 12.7. The Labute approximate surface area is 113 Å². The third-order valence-corrected chi connectivity index (χ3v) is 3.91. The van der Waals surface area contributed by atoms with E-state index in [1.54, 1.807) is 16.8 Å². The molecule has 0 aliphatic carbocycles. The van der Waals surface area contributed by atoms with Gasteiger partial charge in [-0.15, -0.1) is 0 Å². The predicted octanol–water partition coefficient (Wildman–Crippen LogP) is 2.91. The molecule has 96 valence electrons. The van der Waals surface area contributed by atoms with Crippen LogP contribution in [0.25, 0.3) is 0 Å². The number of hydrogen-bond acceptors (Lipinski definition) is 2. The summed E-state index contributed by atoms with van der Waals surface area (Å²) in [5.74, 6) is -0.341. The molecule has 0 fully saturated rings. The standard InChI is InChI=1S/C13H14BrFN2O/c1-8-13(14)11(17(2)16-8)7-12(18)9-4-3-5-10(15)6-9/h3-6,12,18H,7H2,1-2H3. The first kappa shape index (κ1) is 13.2. The van der Waals surface area contributed by atoms with Crippen molar-refractivity contribution in [3.8, 4) is 0 Å². The SMILES string of the molecule is Cc1nn(C)c(CC(O)c2cccc(F)c2)c1Br. The van der Waals surface area contributed by atoms with Crippen molar-refractivity contribution in [1.82, 2.24) is 9.78 Å². The van der Waals surface area contributed by atoms with Crippen LogP contribution in [0.3, 0.4) is 0 Å². The van der Waals surface area contributed by atoms with Gasteiger partial charge < -0.3 is 5.11 Å². The number of aliphatic hydroxyl groups excluding tert-OH is 1. The van der Waals surface area contributed by atoms with Crippen molar-refractivity contribution < 1.29 is 9.50 Å². The van der Waals surface area contributed by atoms with Gasteiger partial charge in [0.15, 0.2) is 0 Å². The molecule has 0 bridgehead atoms. The van der Waals surface area contributed by atoms with E-state index in [-0.39, 0.29) is 5.82 Å². The fourth-order valence-electron chi connectivity index (χ4n) is 1.92. The zero-order valence-corrected chi connectivity index (χ0v) is 11.8. The van der Waals surface area contributed by atoms with E-state index in [1.165, 1.54) is 12.1 Å². The van der Waals surface area contributed by atoms with E-state index in [0.717, 1.165) is 15.9 Å². The molecule has 18 heavy (non-hydrogen) atoms. The van der Waals surface area contributed by atoms with E-state index in [4.69, 9.17) is 0 Å². The summed E-state index contributed by atoms with van der Waals surface area (Å²) in [6, 6.07) is 6.02. The molecular formula is C13H14BrFN2O. The van der Waals surface area contributed by atoms with Gasteiger partial charge >= 0.3 is 0 Å². The molecule has 3 nitrogen and oxygen atoms in total. The Morgan fingerprint density at radius 3 is 2.78 bits per heavy atom. The number of rotatable bonds is 3. The molecule has 2 aromatic rings. The predicted molar refractivity (Wildman–Crippen MR) is 70.7 cm³/mol. The molecule has 0 amide bonds. The first-order chi connectivity index (χ1) is 8.49. The number of nitrogens with zero attached hydrogens (tertiary/aromatic N) is 2. The molecule has 1 atom stereocenters. The van der Waals surface area contributed by atoms with Gasteiger partial charge in [0, 0.05) is 13.5 Å². The van der Waals surface area contributed by atoms with E-state index in [0.29, 0.717) is 12.0 Å². The molecule has 1 heterocycles. The van der Waals surface area contributed by atoms with Gasteiger partial charge in [0.2, 0.25) is 0 Å². The van der Waals surface area contributed by atoms with Crippen LogP contribution in [0.4, 0.5) is 4.39 Å². The van der Waals surface area contributed by atoms with Gasteiger partial charge in [0.05, 0.1) is 22.0 Å². The van der Waals surface area contributed by atoms with Crippen LogP contribution in [0.1, 0.15) is 23.1 Å². The fourth-order valence-corrected chi connectivity index (χ4v) is 2.41. The number of aryl methyl sites for hydroxylation is 2. The highest BCUT2D eigenvalue weighted by Gasteiger charge is 2.16. The maximum Gasteiger partial charge on any atom is 0.123 e. The first-order valence-corrected chi connectivity index (χ1v) is 6.40. The summed E-state index contributed by atoms with van der Waals surface area (Å²) in [6.07, 6.45) is -0.353. The Hall–Kier alpha value is -1.20. The highest BCUT2D eigenvalue weighted by atomic mass is 79.9. The zero-order chi connectivity index (χ0) is 13.3. The molecule has 0 aliphatic heterocycles. The molecule has 0 radical (unpaired) electrons. The van der Waals surface area contributed by atoms with Crippen molar-refractivity contribution in [2.45, 2.75) is 19.4 Å². The number of halogens is 2. The third-order valence-electron chi connectivity index (χ3n) is 2.88. The topological polar surface area (TPSA) is 38.0 Å². The third kappa shape index (κ3) is 2.62. The maximum absolute atomic E-state index is 13.1. The minimum atomic E-state index is -0.744. The highest BCUT2D eigenvalue weighted by Crippen LogP contribution is 2.26. The van der Waals surface area contributed by atoms with E-state index in [9.17, 15) is 9.50 Å². The van der Waals surface area contributed by atoms with E-state index >= 15 is 0 Å². The lowest BCUT2D eigenvalue weighted by Gasteiger charge is -2.11. The van der Waals surface area contributed by atoms with Crippen molar-refractivity contribution >= 4 is 15.9 Å². The first-order valence-electron chi connectivity index (χ1n) is 5.60. The number of aromatic nitrogens is 2. The van der Waals surface area contributed by atoms with Gasteiger partial charge in [-0.1, -0.05) is 12.1 Å². The van der Waals surface area contributed by atoms with Gasteiger partial charge in [-0.3, -0.25) is 4.68 Å². The minimum Gasteiger partial charge on any atom is -0.388 e. The number of aliphatic hydroxyl groups is 1. The Balaban J connectivity index is 2.24. The molecule has 0 saturated heterocycles. The second kappa shape index (κ2) is 5.20. The molecule has 1 aromatic carbocycles. The summed E-state index contributed by atoms with van der Waals surface area (Å²) in [5, 5.41) is 14.4. The van der Waals surface area contributed by atoms with Crippen LogP contribution in [0.15, 0.2) is 28.7 Å². The molecule has 1 unspecified atom stereocenters. The minimum absolute atomic E-state index is 0.341. The van der Waals surface area contributed by atoms with Crippen molar-refractivity contribution in [3.63, 3.8) is 0 Å². The summed E-state index contributed by atoms with van der Waals surface area (Å²) in [4.78, 5) is 0. The van der Waals surface area contributed by atoms with Crippen LogP contribution in [0.5, 0.6) is 0 Å². The van der Waals surface area contributed by atoms with Crippen LogP contribution in [0.2, 0.25) is 0 Å². The Kier molecular flexibility index (Phi) is 3.82. The molecule has 2 rings (SSSR count). The molecule has 1 N–H and O–H groups in total. The zero-order valence-electron chi connectivity index (χ0n) is 10.2. The monoisotopic (exact) mass is 312 g/mol. The average molecular weight is 313 g/mol. The van der Waals surface area contributed by atoms with Gasteiger partial charge in [0.25, 0.3) is 0 Å². The molecule has 0 saturated carbocycles. The molecular weight excluding hydrogens is 299 g/mol. The summed E-state index contributed by atoms with van der Waals surface area (Å²) in [6.45, 7) is 1.89. The molecule has 0 aliphatic rings. The van der Waals surface area contributed by atoms with Crippen LogP contribution in [-0.2, 0) is 13.5 Å². The van der Waals surface area contributed by atoms with Gasteiger partial charge in [-0.25, -0.2) is 4.39 Å². The van der Waals surface area contributed by atoms with Gasteiger partial charge in [-0.2, -0.15) is 5.10 Å². The molecule has 5 heteroatoms. The summed E-state index contributed by atoms with van der Waals surface area (Å²) in [7, 11) is 1.82. The maximum atomic E-state index is 13.1. The Bertz CT molecular complexity index is 568. The van der Waals surface area contributed by atoms with Gasteiger partial charge in [0.1, 0.15) is 5.82 Å². The smallest absolute Gasteiger partial charge is 0.123 e. The largest absolute Gasteiger partial charge is 0.388 e. The second-order valence-electron chi connectivity index (χ2n) is 4.24. The summed E-state index contributed by atoms with van der Waals surface area (Å²) >= 11 is 3.45. The van der Waals surface area contributed by atoms with Crippen LogP contribution < -0.4 is 0 Å². The second-order valence-corrected chi connectivity index (χ2v) is 5.04. The van der Waals surface area contributed by atoms with E-state index < -0.39 is 6.10 Å². The Morgan fingerprint density at radius 2 is 2.22 bits per heavy atom. The lowest BCUT2D eigenvalue weighted by molar-refractivity contribution is 0.175. The van der Waals surface area contributed by atoms with Gasteiger partial charge in [-0.05, 0) is 40.5 Å². The quantitative estimate of drug-likeness (QED) is 0.946. The number of benzene rings is 1. The fraction of sp³-hybridized carbons (Fsp3) is 0.308. The number of hydrogen-bond donors (Lipinski definition) is 1. The average Bonchev–Trinajstić information content (AvgIpc) is 2.56. The molecule has 1 aromatic heterocycles. The lowest BCUT2D eigenvalue weighted by atomic mass is 10.0.